The molecule has 1 amide bonds. The minimum Gasteiger partial charge on any atom is -0.497 e. The third kappa shape index (κ3) is 4.19. The molecule has 1 atom stereocenters. The molecular formula is C28H21ClN2O6S. The van der Waals surface area contributed by atoms with Crippen molar-refractivity contribution < 1.29 is 27.1 Å². The minimum absolute atomic E-state index is 0.0422. The van der Waals surface area contributed by atoms with Gasteiger partial charge in [-0.05, 0) is 60.7 Å². The Morgan fingerprint density at radius 1 is 0.974 bits per heavy atom. The lowest BCUT2D eigenvalue weighted by Gasteiger charge is -2.34. The molecule has 0 saturated carbocycles. The monoisotopic (exact) mass is 548 g/mol. The van der Waals surface area contributed by atoms with E-state index in [-0.39, 0.29) is 22.9 Å². The largest absolute Gasteiger partial charge is 0.497 e. The number of nitrogens with zero attached hydrogens (tertiary/aromatic N) is 1. The van der Waals surface area contributed by atoms with E-state index in [1.165, 1.54) is 25.3 Å². The molecule has 0 fully saturated rings. The van der Waals surface area contributed by atoms with Crippen molar-refractivity contribution in [1.29, 1.82) is 0 Å². The Bertz CT molecular complexity index is 1800. The summed E-state index contributed by atoms with van der Waals surface area (Å²) in [4.78, 5) is 13.4. The second kappa shape index (κ2) is 9.27. The molecule has 2 heterocycles. The highest BCUT2D eigenvalue weighted by molar-refractivity contribution is 7.92. The van der Waals surface area contributed by atoms with Crippen LogP contribution in [0.5, 0.6) is 11.5 Å². The van der Waals surface area contributed by atoms with Gasteiger partial charge in [0.2, 0.25) is 0 Å². The summed E-state index contributed by atoms with van der Waals surface area (Å²) in [6, 6.07) is 23.7. The van der Waals surface area contributed by atoms with Crippen LogP contribution < -0.4 is 19.1 Å². The first kappa shape index (κ1) is 24.1. The van der Waals surface area contributed by atoms with Crippen LogP contribution in [0.25, 0.3) is 21.9 Å². The highest BCUT2D eigenvalue weighted by atomic mass is 35.5. The van der Waals surface area contributed by atoms with Crippen LogP contribution in [0.1, 0.15) is 0 Å². The number of ether oxygens (including phenoxy) is 2. The predicted octanol–water partition coefficient (Wildman–Crippen LogP) is 5.84. The Morgan fingerprint density at radius 2 is 1.74 bits per heavy atom. The Kier molecular flexibility index (Phi) is 5.89. The Balaban J connectivity index is 1.31. The molecule has 0 unspecified atom stereocenters. The second-order valence-electron chi connectivity index (χ2n) is 8.73. The van der Waals surface area contributed by atoms with Crippen LogP contribution in [0.4, 0.5) is 11.4 Å². The number of rotatable bonds is 5. The van der Waals surface area contributed by atoms with E-state index >= 15 is 0 Å². The molecule has 192 valence electrons. The minimum atomic E-state index is -4.06. The number of fused-ring (bicyclic) bond motifs is 4. The maximum atomic E-state index is 13.7. The molecule has 8 nitrogen and oxygen atoms in total. The first-order valence-electron chi connectivity index (χ1n) is 11.7. The molecule has 0 spiro atoms. The van der Waals surface area contributed by atoms with Gasteiger partial charge in [-0.1, -0.05) is 29.8 Å². The maximum Gasteiger partial charge on any atom is 0.267 e. The van der Waals surface area contributed by atoms with Crippen molar-refractivity contribution in [3.63, 3.8) is 0 Å². The quantitative estimate of drug-likeness (QED) is 0.296. The van der Waals surface area contributed by atoms with Crippen molar-refractivity contribution in [1.82, 2.24) is 0 Å². The number of nitrogens with one attached hydrogen (secondary N) is 1. The van der Waals surface area contributed by atoms with Crippen LogP contribution in [-0.2, 0) is 14.8 Å². The zero-order chi connectivity index (χ0) is 26.4. The fourth-order valence-electron chi connectivity index (χ4n) is 4.49. The van der Waals surface area contributed by atoms with Crippen LogP contribution in [0.3, 0.4) is 0 Å². The van der Waals surface area contributed by atoms with Crippen LogP contribution in [0.15, 0.2) is 94.2 Å². The highest BCUT2D eigenvalue weighted by Gasteiger charge is 2.38. The van der Waals surface area contributed by atoms with Crippen LogP contribution in [0.2, 0.25) is 5.02 Å². The van der Waals surface area contributed by atoms with Crippen LogP contribution in [0, 0.1) is 0 Å². The Labute approximate surface area is 223 Å². The molecule has 1 aliphatic rings. The van der Waals surface area contributed by atoms with Crippen molar-refractivity contribution in [3.05, 3.63) is 90.0 Å². The van der Waals surface area contributed by atoms with E-state index in [9.17, 15) is 13.2 Å². The number of sulfonamides is 1. The summed E-state index contributed by atoms with van der Waals surface area (Å²) in [7, 11) is -2.56. The van der Waals surface area contributed by atoms with Crippen LogP contribution >= 0.6 is 11.6 Å². The number of methoxy groups -OCH3 is 1. The number of amides is 1. The summed E-state index contributed by atoms with van der Waals surface area (Å²) in [5.74, 6) is 0.245. The van der Waals surface area contributed by atoms with Gasteiger partial charge >= 0.3 is 0 Å². The maximum absolute atomic E-state index is 13.7. The molecule has 0 aliphatic carbocycles. The summed E-state index contributed by atoms with van der Waals surface area (Å²) in [5.41, 5.74) is 2.12. The van der Waals surface area contributed by atoms with Gasteiger partial charge in [-0.3, -0.25) is 9.10 Å². The molecule has 5 aromatic rings. The lowest BCUT2D eigenvalue weighted by Crippen LogP contribution is -2.48. The van der Waals surface area contributed by atoms with E-state index < -0.39 is 22.0 Å². The van der Waals surface area contributed by atoms with Gasteiger partial charge < -0.3 is 19.2 Å². The molecular weight excluding hydrogens is 528 g/mol. The van der Waals surface area contributed by atoms with E-state index in [2.05, 4.69) is 5.32 Å². The number of para-hydroxylation sites is 1. The van der Waals surface area contributed by atoms with Gasteiger partial charge in [-0.25, -0.2) is 8.42 Å². The van der Waals surface area contributed by atoms with E-state index in [1.54, 1.807) is 36.4 Å². The summed E-state index contributed by atoms with van der Waals surface area (Å²) < 4.78 is 45.5. The van der Waals surface area contributed by atoms with E-state index in [0.717, 1.165) is 20.7 Å². The topological polar surface area (TPSA) is 98.1 Å². The SMILES string of the molecule is COc1ccc(S(=O)(=O)N2C[C@H](C(=O)Nc3ccc4c(c3)oc3ccccc34)Oc3ccc(Cl)cc32)cc1. The summed E-state index contributed by atoms with van der Waals surface area (Å²) in [6.07, 6.45) is -1.12. The molecule has 1 aromatic heterocycles. The number of furan rings is 1. The standard InChI is InChI=1S/C28H21ClN2O6S/c1-35-19-8-10-20(11-9-19)38(33,34)31-16-27(37-25-13-6-17(29)14-23(25)31)28(32)30-18-7-12-22-21-4-2-3-5-24(21)36-26(22)15-18/h2-15,27H,16H2,1H3,(H,30,32)/t27-/m1/s1. The molecule has 1 aliphatic heterocycles. The number of carbonyl (C=O) groups is 1. The fraction of sp³-hybridized carbons (Fsp3) is 0.107. The molecule has 4 aromatic carbocycles. The van der Waals surface area contributed by atoms with Gasteiger partial charge in [-0.2, -0.15) is 0 Å². The Hall–Kier alpha value is -4.21. The molecule has 38 heavy (non-hydrogen) atoms. The zero-order valence-electron chi connectivity index (χ0n) is 20.1. The average Bonchev–Trinajstić information content (AvgIpc) is 3.30. The van der Waals surface area contributed by atoms with Gasteiger partial charge in [0.15, 0.2) is 6.10 Å². The number of hydrogen-bond donors (Lipinski definition) is 1. The van der Waals surface area contributed by atoms with E-state index in [1.807, 2.05) is 30.3 Å². The number of halogens is 1. The first-order valence-corrected chi connectivity index (χ1v) is 13.5. The zero-order valence-corrected chi connectivity index (χ0v) is 21.6. The second-order valence-corrected chi connectivity index (χ2v) is 11.0. The molecule has 0 radical (unpaired) electrons. The average molecular weight is 549 g/mol. The van der Waals surface area contributed by atoms with Gasteiger partial charge in [-0.15, -0.1) is 0 Å². The summed E-state index contributed by atoms with van der Waals surface area (Å²) >= 11 is 6.18. The van der Waals surface area contributed by atoms with E-state index in [4.69, 9.17) is 25.5 Å². The summed E-state index contributed by atoms with van der Waals surface area (Å²) in [5, 5.41) is 5.07. The molecule has 0 saturated heterocycles. The van der Waals surface area contributed by atoms with Crippen molar-refractivity contribution in [2.75, 3.05) is 23.3 Å². The third-order valence-corrected chi connectivity index (χ3v) is 8.41. The highest BCUT2D eigenvalue weighted by Crippen LogP contribution is 2.39. The van der Waals surface area contributed by atoms with Gasteiger partial charge in [0.25, 0.3) is 15.9 Å². The van der Waals surface area contributed by atoms with Crippen molar-refractivity contribution in [2.24, 2.45) is 0 Å². The lowest BCUT2D eigenvalue weighted by molar-refractivity contribution is -0.122. The number of carbonyl (C=O) groups excluding carboxylic acids is 1. The number of hydrogen-bond acceptors (Lipinski definition) is 6. The van der Waals surface area contributed by atoms with E-state index in [0.29, 0.717) is 22.0 Å². The smallest absolute Gasteiger partial charge is 0.267 e. The molecule has 10 heteroatoms. The lowest BCUT2D eigenvalue weighted by atomic mass is 10.1. The molecule has 6 rings (SSSR count). The van der Waals surface area contributed by atoms with Crippen molar-refractivity contribution in [3.8, 4) is 11.5 Å². The summed E-state index contributed by atoms with van der Waals surface area (Å²) in [6.45, 7) is -0.250. The first-order chi connectivity index (χ1) is 18.3. The van der Waals surface area contributed by atoms with Crippen molar-refractivity contribution >= 4 is 60.8 Å². The predicted molar refractivity (Wildman–Crippen MR) is 146 cm³/mol. The van der Waals surface area contributed by atoms with Gasteiger partial charge in [0.05, 0.1) is 24.2 Å². The third-order valence-electron chi connectivity index (χ3n) is 6.38. The Morgan fingerprint density at radius 3 is 2.53 bits per heavy atom. The van der Waals surface area contributed by atoms with Gasteiger partial charge in [0.1, 0.15) is 22.7 Å². The van der Waals surface area contributed by atoms with Gasteiger partial charge in [0, 0.05) is 27.5 Å². The molecule has 0 bridgehead atoms. The fourth-order valence-corrected chi connectivity index (χ4v) is 6.12. The number of anilines is 2. The number of benzene rings is 4. The van der Waals surface area contributed by atoms with Crippen molar-refractivity contribution in [2.45, 2.75) is 11.0 Å². The van der Waals surface area contributed by atoms with Crippen LogP contribution in [-0.4, -0.2) is 34.1 Å². The molecule has 1 N–H and O–H groups in total. The normalized spacial score (nSPS) is 15.2.